The van der Waals surface area contributed by atoms with Crippen molar-refractivity contribution in [1.29, 1.82) is 0 Å². The lowest BCUT2D eigenvalue weighted by Crippen LogP contribution is -2.20. The van der Waals surface area contributed by atoms with Crippen LogP contribution in [0, 0.1) is 0 Å². The minimum Gasteiger partial charge on any atom is -0.497 e. The summed E-state index contributed by atoms with van der Waals surface area (Å²) in [6.07, 6.45) is 1.74. The summed E-state index contributed by atoms with van der Waals surface area (Å²) in [7, 11) is 7.77. The molecule has 1 heterocycles. The standard InChI is InChI=1S/C21H23NO6/c1-24-15-10-14-6-7-22(21(23)19(14)16(11-15)25-2)12-13-8-17(26-3)20(28-5)18(9-13)27-4/h6-11H,12H2,1-5H3. The van der Waals surface area contributed by atoms with E-state index in [0.29, 0.717) is 40.7 Å². The van der Waals surface area contributed by atoms with Crippen molar-refractivity contribution in [2.45, 2.75) is 6.54 Å². The van der Waals surface area contributed by atoms with Gasteiger partial charge in [-0.2, -0.15) is 0 Å². The zero-order valence-electron chi connectivity index (χ0n) is 16.6. The van der Waals surface area contributed by atoms with Gasteiger partial charge in [0.2, 0.25) is 5.75 Å². The number of nitrogens with zero attached hydrogens (tertiary/aromatic N) is 1. The first kappa shape index (κ1) is 19.4. The predicted molar refractivity (Wildman–Crippen MR) is 107 cm³/mol. The molecule has 0 aliphatic carbocycles. The molecule has 0 saturated heterocycles. The van der Waals surface area contributed by atoms with Gasteiger partial charge in [-0.05, 0) is 35.2 Å². The minimum absolute atomic E-state index is 0.161. The van der Waals surface area contributed by atoms with Crippen molar-refractivity contribution in [3.05, 3.63) is 52.4 Å². The van der Waals surface area contributed by atoms with Crippen LogP contribution in [-0.2, 0) is 6.54 Å². The van der Waals surface area contributed by atoms with E-state index >= 15 is 0 Å². The average Bonchev–Trinajstić information content (AvgIpc) is 2.73. The van der Waals surface area contributed by atoms with E-state index in [-0.39, 0.29) is 5.56 Å². The van der Waals surface area contributed by atoms with Gasteiger partial charge in [-0.3, -0.25) is 4.79 Å². The molecule has 0 amide bonds. The summed E-state index contributed by atoms with van der Waals surface area (Å²) >= 11 is 0. The zero-order chi connectivity index (χ0) is 20.3. The van der Waals surface area contributed by atoms with E-state index in [2.05, 4.69) is 0 Å². The summed E-state index contributed by atoms with van der Waals surface area (Å²) in [5, 5.41) is 1.25. The number of rotatable bonds is 7. The van der Waals surface area contributed by atoms with Crippen LogP contribution in [0.2, 0.25) is 0 Å². The van der Waals surface area contributed by atoms with Gasteiger partial charge in [0.1, 0.15) is 11.5 Å². The molecule has 3 aromatic rings. The van der Waals surface area contributed by atoms with Crippen LogP contribution in [0.25, 0.3) is 10.8 Å². The Morgan fingerprint density at radius 1 is 0.786 bits per heavy atom. The molecule has 0 N–H and O–H groups in total. The molecule has 0 aliphatic heterocycles. The largest absolute Gasteiger partial charge is 0.497 e. The molecule has 1 aromatic heterocycles. The highest BCUT2D eigenvalue weighted by Crippen LogP contribution is 2.38. The zero-order valence-corrected chi connectivity index (χ0v) is 16.6. The molecule has 7 heteroatoms. The molecule has 0 bridgehead atoms. The summed E-state index contributed by atoms with van der Waals surface area (Å²) in [5.74, 6) is 2.68. The maximum Gasteiger partial charge on any atom is 0.262 e. The first-order chi connectivity index (χ1) is 13.6. The molecule has 0 fully saturated rings. The van der Waals surface area contributed by atoms with E-state index in [9.17, 15) is 4.79 Å². The van der Waals surface area contributed by atoms with Crippen LogP contribution in [0.5, 0.6) is 28.7 Å². The third-order valence-corrected chi connectivity index (χ3v) is 4.55. The lowest BCUT2D eigenvalue weighted by Gasteiger charge is -2.15. The number of hydrogen-bond acceptors (Lipinski definition) is 6. The predicted octanol–water partition coefficient (Wildman–Crippen LogP) is 3.09. The minimum atomic E-state index is -0.161. The highest BCUT2D eigenvalue weighted by atomic mass is 16.5. The molecule has 0 saturated carbocycles. The van der Waals surface area contributed by atoms with Crippen LogP contribution in [0.3, 0.4) is 0 Å². The molecule has 7 nitrogen and oxygen atoms in total. The van der Waals surface area contributed by atoms with Crippen molar-refractivity contribution in [3.63, 3.8) is 0 Å². The van der Waals surface area contributed by atoms with Gasteiger partial charge < -0.3 is 28.3 Å². The lowest BCUT2D eigenvalue weighted by atomic mass is 10.1. The van der Waals surface area contributed by atoms with Crippen LogP contribution in [0.15, 0.2) is 41.3 Å². The Bertz CT molecular complexity index is 1030. The first-order valence-corrected chi connectivity index (χ1v) is 8.60. The summed E-state index contributed by atoms with van der Waals surface area (Å²) < 4.78 is 28.4. The summed E-state index contributed by atoms with van der Waals surface area (Å²) in [6.45, 7) is 0.334. The van der Waals surface area contributed by atoms with Gasteiger partial charge in [0.15, 0.2) is 11.5 Å². The molecule has 148 valence electrons. The molecular formula is C21H23NO6. The van der Waals surface area contributed by atoms with Gasteiger partial charge in [-0.1, -0.05) is 0 Å². The molecule has 0 radical (unpaired) electrons. The fourth-order valence-corrected chi connectivity index (χ4v) is 3.18. The fraction of sp³-hybridized carbons (Fsp3) is 0.286. The van der Waals surface area contributed by atoms with E-state index in [4.69, 9.17) is 23.7 Å². The number of benzene rings is 2. The van der Waals surface area contributed by atoms with E-state index in [1.165, 1.54) is 7.11 Å². The highest BCUT2D eigenvalue weighted by Gasteiger charge is 2.15. The van der Waals surface area contributed by atoms with Crippen LogP contribution >= 0.6 is 0 Å². The molecule has 3 rings (SSSR count). The second kappa shape index (κ2) is 8.12. The maximum absolute atomic E-state index is 13.1. The van der Waals surface area contributed by atoms with E-state index in [0.717, 1.165) is 10.9 Å². The van der Waals surface area contributed by atoms with Gasteiger partial charge in [0, 0.05) is 12.3 Å². The average molecular weight is 385 g/mol. The molecular weight excluding hydrogens is 362 g/mol. The third kappa shape index (κ3) is 3.43. The van der Waals surface area contributed by atoms with Crippen molar-refractivity contribution in [1.82, 2.24) is 4.57 Å². The topological polar surface area (TPSA) is 68.2 Å². The van der Waals surface area contributed by atoms with Crippen molar-refractivity contribution in [3.8, 4) is 28.7 Å². The smallest absolute Gasteiger partial charge is 0.262 e. The van der Waals surface area contributed by atoms with Gasteiger partial charge in [0.05, 0.1) is 47.5 Å². The number of aromatic nitrogens is 1. The SMILES string of the molecule is COc1cc(OC)c2c(=O)n(Cc3cc(OC)c(OC)c(OC)c3)ccc2c1. The van der Waals surface area contributed by atoms with E-state index in [1.807, 2.05) is 24.3 Å². The molecule has 0 spiro atoms. The number of methoxy groups -OCH3 is 5. The Morgan fingerprint density at radius 3 is 1.96 bits per heavy atom. The van der Waals surface area contributed by atoms with E-state index in [1.54, 1.807) is 45.3 Å². The summed E-state index contributed by atoms with van der Waals surface area (Å²) in [4.78, 5) is 13.1. The van der Waals surface area contributed by atoms with Gasteiger partial charge in [0.25, 0.3) is 5.56 Å². The molecule has 0 atom stereocenters. The van der Waals surface area contributed by atoms with Crippen LogP contribution in [-0.4, -0.2) is 40.1 Å². The van der Waals surface area contributed by atoms with Gasteiger partial charge in [-0.25, -0.2) is 0 Å². The summed E-state index contributed by atoms with van der Waals surface area (Å²) in [6, 6.07) is 9.02. The Balaban J connectivity index is 2.11. The summed E-state index contributed by atoms with van der Waals surface area (Å²) in [5.41, 5.74) is 0.675. The highest BCUT2D eigenvalue weighted by molar-refractivity contribution is 5.89. The Hall–Kier alpha value is -3.35. The molecule has 0 aliphatic rings. The number of hydrogen-bond donors (Lipinski definition) is 0. The Morgan fingerprint density at radius 2 is 1.43 bits per heavy atom. The van der Waals surface area contributed by atoms with Crippen molar-refractivity contribution >= 4 is 10.8 Å². The fourth-order valence-electron chi connectivity index (χ4n) is 3.18. The maximum atomic E-state index is 13.1. The second-order valence-electron chi connectivity index (χ2n) is 6.08. The quantitative estimate of drug-likeness (QED) is 0.623. The van der Waals surface area contributed by atoms with Gasteiger partial charge >= 0.3 is 0 Å². The Labute approximate surface area is 163 Å². The molecule has 28 heavy (non-hydrogen) atoms. The van der Waals surface area contributed by atoms with Crippen LogP contribution in [0.4, 0.5) is 0 Å². The molecule has 2 aromatic carbocycles. The second-order valence-corrected chi connectivity index (χ2v) is 6.08. The normalized spacial score (nSPS) is 10.6. The number of fused-ring (bicyclic) bond motifs is 1. The van der Waals surface area contributed by atoms with E-state index < -0.39 is 0 Å². The van der Waals surface area contributed by atoms with Crippen LogP contribution < -0.4 is 29.2 Å². The number of pyridine rings is 1. The monoisotopic (exact) mass is 385 g/mol. The van der Waals surface area contributed by atoms with Crippen molar-refractivity contribution in [2.24, 2.45) is 0 Å². The lowest BCUT2D eigenvalue weighted by molar-refractivity contribution is 0.323. The van der Waals surface area contributed by atoms with Crippen LogP contribution in [0.1, 0.15) is 5.56 Å². The first-order valence-electron chi connectivity index (χ1n) is 8.60. The molecule has 0 unspecified atom stereocenters. The Kier molecular flexibility index (Phi) is 5.63. The van der Waals surface area contributed by atoms with Crippen molar-refractivity contribution < 1.29 is 23.7 Å². The van der Waals surface area contributed by atoms with Gasteiger partial charge in [-0.15, -0.1) is 0 Å². The number of ether oxygens (including phenoxy) is 5. The third-order valence-electron chi connectivity index (χ3n) is 4.55. The van der Waals surface area contributed by atoms with Crippen molar-refractivity contribution in [2.75, 3.05) is 35.5 Å².